The van der Waals surface area contributed by atoms with E-state index in [1.165, 1.54) is 18.7 Å². The molecule has 8 nitrogen and oxygen atoms in total. The van der Waals surface area contributed by atoms with Crippen LogP contribution in [0.1, 0.15) is 46.5 Å². The molecule has 2 rings (SSSR count). The molecule has 2 saturated heterocycles. The summed E-state index contributed by atoms with van der Waals surface area (Å²) in [5.41, 5.74) is 0. The molecule has 0 aliphatic carbocycles. The molecule has 4 amide bonds. The fourth-order valence-corrected chi connectivity index (χ4v) is 3.51. The van der Waals surface area contributed by atoms with Crippen molar-refractivity contribution in [2.45, 2.75) is 64.7 Å². The first-order valence-electron chi connectivity index (χ1n) is 8.85. The van der Waals surface area contributed by atoms with Gasteiger partial charge in [-0.05, 0) is 32.6 Å². The number of carbonyl (C=O) groups excluding carboxylic acids is 4. The molecule has 8 heteroatoms. The van der Waals surface area contributed by atoms with Crippen LogP contribution in [0.15, 0.2) is 0 Å². The summed E-state index contributed by atoms with van der Waals surface area (Å²) in [5, 5.41) is 2.80. The van der Waals surface area contributed by atoms with Crippen LogP contribution in [-0.2, 0) is 19.2 Å². The summed E-state index contributed by atoms with van der Waals surface area (Å²) in [7, 11) is 1.56. The van der Waals surface area contributed by atoms with E-state index < -0.39 is 12.1 Å². The zero-order valence-corrected chi connectivity index (χ0v) is 15.4. The van der Waals surface area contributed by atoms with Crippen LogP contribution in [0.5, 0.6) is 0 Å². The Morgan fingerprint density at radius 1 is 1.16 bits per heavy atom. The maximum absolute atomic E-state index is 12.9. The average molecular weight is 352 g/mol. The van der Waals surface area contributed by atoms with Crippen molar-refractivity contribution >= 4 is 23.6 Å². The summed E-state index contributed by atoms with van der Waals surface area (Å²) in [6, 6.07) is -1.25. The fraction of sp³-hybridized carbons (Fsp3) is 0.765. The molecule has 0 aromatic carbocycles. The second kappa shape index (κ2) is 7.84. The van der Waals surface area contributed by atoms with Crippen molar-refractivity contribution in [1.29, 1.82) is 0 Å². The molecular formula is C17H28N4O4. The summed E-state index contributed by atoms with van der Waals surface area (Å²) in [6.07, 6.45) is 2.55. The molecule has 2 aliphatic heterocycles. The number of hydrogen-bond donors (Lipinski definition) is 1. The second-order valence-electron chi connectivity index (χ2n) is 6.88. The van der Waals surface area contributed by atoms with E-state index in [4.69, 9.17) is 0 Å². The zero-order valence-electron chi connectivity index (χ0n) is 15.4. The van der Waals surface area contributed by atoms with E-state index in [9.17, 15) is 19.2 Å². The van der Waals surface area contributed by atoms with Gasteiger partial charge in [-0.2, -0.15) is 0 Å². The highest BCUT2D eigenvalue weighted by Gasteiger charge is 2.39. The van der Waals surface area contributed by atoms with Crippen LogP contribution in [0.4, 0.5) is 0 Å². The lowest BCUT2D eigenvalue weighted by molar-refractivity contribution is -0.147. The third-order valence-electron chi connectivity index (χ3n) is 5.23. The van der Waals surface area contributed by atoms with Crippen LogP contribution in [0.3, 0.4) is 0 Å². The topological polar surface area (TPSA) is 90.0 Å². The highest BCUT2D eigenvalue weighted by Crippen LogP contribution is 2.25. The lowest BCUT2D eigenvalue weighted by Crippen LogP contribution is -2.59. The van der Waals surface area contributed by atoms with Crippen LogP contribution in [0, 0.1) is 0 Å². The first-order chi connectivity index (χ1) is 11.7. The number of nitrogens with zero attached hydrogens (tertiary/aromatic N) is 3. The number of nitrogens with one attached hydrogen (secondary N) is 1. The quantitative estimate of drug-likeness (QED) is 0.770. The monoisotopic (exact) mass is 352 g/mol. The molecule has 2 aliphatic rings. The number of hydrogen-bond acceptors (Lipinski definition) is 4. The van der Waals surface area contributed by atoms with E-state index >= 15 is 0 Å². The smallest absolute Gasteiger partial charge is 0.246 e. The Kier molecular flexibility index (Phi) is 6.02. The van der Waals surface area contributed by atoms with Gasteiger partial charge >= 0.3 is 0 Å². The molecule has 0 saturated carbocycles. The first-order valence-corrected chi connectivity index (χ1v) is 8.85. The highest BCUT2D eigenvalue weighted by molar-refractivity contribution is 5.92. The lowest BCUT2D eigenvalue weighted by Gasteiger charge is -2.39. The van der Waals surface area contributed by atoms with E-state index in [1.807, 2.05) is 0 Å². The predicted octanol–water partition coefficient (Wildman–Crippen LogP) is -0.0712. The Bertz CT molecular complexity index is 565. The van der Waals surface area contributed by atoms with Crippen LogP contribution in [-0.4, -0.2) is 76.7 Å². The normalized spacial score (nSPS) is 24.9. The van der Waals surface area contributed by atoms with Gasteiger partial charge in [-0.15, -0.1) is 0 Å². The average Bonchev–Trinajstić information content (AvgIpc) is 3.02. The van der Waals surface area contributed by atoms with E-state index in [-0.39, 0.29) is 29.8 Å². The van der Waals surface area contributed by atoms with Crippen molar-refractivity contribution in [3.8, 4) is 0 Å². The third kappa shape index (κ3) is 4.11. The third-order valence-corrected chi connectivity index (χ3v) is 5.23. The Labute approximate surface area is 148 Å². The number of fused-ring (bicyclic) bond motifs is 1. The standard InChI is InChI=1S/C17H28N4O4/c1-11(19(4)12(2)22)16(24)18-14-7-5-9-20(13(3)23)15-8-6-10-21(15)17(14)25/h11,14-15H,5-10H2,1-4H3,(H,18,24)/t11-,14-,15+/m0/s1. The molecular weight excluding hydrogens is 324 g/mol. The minimum atomic E-state index is -0.640. The Morgan fingerprint density at radius 2 is 1.80 bits per heavy atom. The van der Waals surface area contributed by atoms with E-state index in [1.54, 1.807) is 23.8 Å². The van der Waals surface area contributed by atoms with Gasteiger partial charge in [0.2, 0.25) is 23.6 Å². The molecule has 0 aromatic heterocycles. The molecule has 1 N–H and O–H groups in total. The fourth-order valence-electron chi connectivity index (χ4n) is 3.51. The molecule has 0 aromatic rings. The zero-order chi connectivity index (χ0) is 18.7. The minimum absolute atomic E-state index is 0.0242. The summed E-state index contributed by atoms with van der Waals surface area (Å²) >= 11 is 0. The molecule has 0 bridgehead atoms. The maximum atomic E-state index is 12.9. The minimum Gasteiger partial charge on any atom is -0.343 e. The number of likely N-dealkylation sites (N-methyl/N-ethyl adjacent to an activating group) is 1. The highest BCUT2D eigenvalue weighted by atomic mass is 16.2. The number of carbonyl (C=O) groups is 4. The SMILES string of the molecule is CC(=O)N(C)[C@@H](C)C(=O)N[C@H]1CCCN(C(C)=O)[C@H]2CCCN2C1=O. The van der Waals surface area contributed by atoms with Gasteiger partial charge in [0.25, 0.3) is 0 Å². The maximum Gasteiger partial charge on any atom is 0.246 e. The number of amides is 4. The van der Waals surface area contributed by atoms with Gasteiger partial charge in [0.15, 0.2) is 0 Å². The molecule has 0 unspecified atom stereocenters. The number of rotatable bonds is 3. The predicted molar refractivity (Wildman–Crippen MR) is 91.2 cm³/mol. The van der Waals surface area contributed by atoms with Crippen LogP contribution >= 0.6 is 0 Å². The molecule has 0 spiro atoms. The van der Waals surface area contributed by atoms with Crippen molar-refractivity contribution in [3.05, 3.63) is 0 Å². The summed E-state index contributed by atoms with van der Waals surface area (Å²) in [5.74, 6) is -0.706. The van der Waals surface area contributed by atoms with Gasteiger partial charge < -0.3 is 20.0 Å². The van der Waals surface area contributed by atoms with Crippen molar-refractivity contribution in [2.24, 2.45) is 0 Å². The lowest BCUT2D eigenvalue weighted by atomic mass is 10.1. The summed E-state index contributed by atoms with van der Waals surface area (Å²) < 4.78 is 0. The molecule has 25 heavy (non-hydrogen) atoms. The molecule has 0 radical (unpaired) electrons. The first kappa shape index (κ1) is 19.2. The van der Waals surface area contributed by atoms with Crippen molar-refractivity contribution < 1.29 is 19.2 Å². The van der Waals surface area contributed by atoms with Crippen molar-refractivity contribution in [1.82, 2.24) is 20.0 Å². The van der Waals surface area contributed by atoms with Crippen LogP contribution < -0.4 is 5.32 Å². The Balaban J connectivity index is 2.10. The van der Waals surface area contributed by atoms with E-state index in [0.717, 1.165) is 12.8 Å². The van der Waals surface area contributed by atoms with Crippen molar-refractivity contribution in [3.63, 3.8) is 0 Å². The van der Waals surface area contributed by atoms with Gasteiger partial charge in [0.1, 0.15) is 18.2 Å². The van der Waals surface area contributed by atoms with E-state index in [2.05, 4.69) is 5.32 Å². The van der Waals surface area contributed by atoms with Gasteiger partial charge in [-0.3, -0.25) is 19.2 Å². The summed E-state index contributed by atoms with van der Waals surface area (Å²) in [4.78, 5) is 53.5. The Morgan fingerprint density at radius 3 is 2.40 bits per heavy atom. The van der Waals surface area contributed by atoms with Crippen LogP contribution in [0.25, 0.3) is 0 Å². The van der Waals surface area contributed by atoms with Crippen molar-refractivity contribution in [2.75, 3.05) is 20.1 Å². The van der Waals surface area contributed by atoms with E-state index in [0.29, 0.717) is 25.9 Å². The van der Waals surface area contributed by atoms with Gasteiger partial charge in [-0.25, -0.2) is 0 Å². The molecule has 2 fully saturated rings. The largest absolute Gasteiger partial charge is 0.343 e. The molecule has 3 atom stereocenters. The van der Waals surface area contributed by atoms with Gasteiger partial charge in [0.05, 0.1) is 0 Å². The molecule has 140 valence electrons. The van der Waals surface area contributed by atoms with Crippen LogP contribution in [0.2, 0.25) is 0 Å². The van der Waals surface area contributed by atoms with Gasteiger partial charge in [-0.1, -0.05) is 0 Å². The van der Waals surface area contributed by atoms with Gasteiger partial charge in [0, 0.05) is 34.0 Å². The second-order valence-corrected chi connectivity index (χ2v) is 6.88. The Hall–Kier alpha value is -2.12. The molecule has 2 heterocycles. The summed E-state index contributed by atoms with van der Waals surface area (Å²) in [6.45, 7) is 5.75.